The fourth-order valence-corrected chi connectivity index (χ4v) is 1.57. The molecule has 1 amide bonds. The van der Waals surface area contributed by atoms with Crippen LogP contribution in [0.3, 0.4) is 0 Å². The number of nitrogens with one attached hydrogen (secondary N) is 1. The molecule has 1 aromatic carbocycles. The number of hydrogen-bond donors (Lipinski definition) is 2. The molecular formula is C11H7Cl2N3O2. The molecule has 0 spiro atoms. The summed E-state index contributed by atoms with van der Waals surface area (Å²) in [4.78, 5) is 19.5. The number of amides is 1. The number of benzene rings is 1. The molecule has 18 heavy (non-hydrogen) atoms. The molecule has 2 rings (SSSR count). The molecule has 2 N–H and O–H groups in total. The zero-order valence-corrected chi connectivity index (χ0v) is 10.4. The van der Waals surface area contributed by atoms with Crippen LogP contribution in [0.1, 0.15) is 10.4 Å². The molecule has 0 aliphatic heterocycles. The lowest BCUT2D eigenvalue weighted by Gasteiger charge is -2.06. The van der Waals surface area contributed by atoms with Gasteiger partial charge in [-0.25, -0.2) is 9.97 Å². The van der Waals surface area contributed by atoms with Crippen LogP contribution in [0.5, 0.6) is 5.75 Å². The van der Waals surface area contributed by atoms with Gasteiger partial charge in [-0.05, 0) is 18.2 Å². The summed E-state index contributed by atoms with van der Waals surface area (Å²) in [5, 5.41) is 11.9. The summed E-state index contributed by atoms with van der Waals surface area (Å²) >= 11 is 11.5. The first-order valence-electron chi connectivity index (χ1n) is 4.84. The van der Waals surface area contributed by atoms with E-state index >= 15 is 0 Å². The molecule has 0 bridgehead atoms. The number of halogens is 2. The van der Waals surface area contributed by atoms with Gasteiger partial charge in [-0.1, -0.05) is 23.2 Å². The van der Waals surface area contributed by atoms with Crippen LogP contribution >= 0.6 is 23.2 Å². The van der Waals surface area contributed by atoms with Gasteiger partial charge in [-0.3, -0.25) is 4.79 Å². The first-order chi connectivity index (χ1) is 8.58. The van der Waals surface area contributed by atoms with Crippen molar-refractivity contribution in [3.63, 3.8) is 0 Å². The Morgan fingerprint density at radius 2 is 1.94 bits per heavy atom. The Kier molecular flexibility index (Phi) is 3.64. The van der Waals surface area contributed by atoms with E-state index in [1.54, 1.807) is 0 Å². The SMILES string of the molecule is O=C(Nc1nccnc1Cl)c1ccc(O)c(Cl)c1. The summed E-state index contributed by atoms with van der Waals surface area (Å²) in [6, 6.07) is 4.10. The Morgan fingerprint density at radius 3 is 2.61 bits per heavy atom. The third kappa shape index (κ3) is 2.69. The van der Waals surface area contributed by atoms with Crippen molar-refractivity contribution in [2.45, 2.75) is 0 Å². The molecule has 0 radical (unpaired) electrons. The van der Waals surface area contributed by atoms with E-state index < -0.39 is 5.91 Å². The van der Waals surface area contributed by atoms with Gasteiger partial charge in [0.05, 0.1) is 5.02 Å². The lowest BCUT2D eigenvalue weighted by Crippen LogP contribution is -2.13. The van der Waals surface area contributed by atoms with Crippen molar-refractivity contribution in [3.05, 3.63) is 46.3 Å². The van der Waals surface area contributed by atoms with Gasteiger partial charge in [-0.2, -0.15) is 0 Å². The van der Waals surface area contributed by atoms with Gasteiger partial charge < -0.3 is 10.4 Å². The molecule has 92 valence electrons. The Bertz CT molecular complexity index is 605. The maximum Gasteiger partial charge on any atom is 0.256 e. The average Bonchev–Trinajstić information content (AvgIpc) is 2.35. The van der Waals surface area contributed by atoms with E-state index in [4.69, 9.17) is 23.2 Å². The highest BCUT2D eigenvalue weighted by atomic mass is 35.5. The summed E-state index contributed by atoms with van der Waals surface area (Å²) in [6.07, 6.45) is 2.82. The molecular weight excluding hydrogens is 277 g/mol. The number of phenols is 1. The predicted octanol–water partition coefficient (Wildman–Crippen LogP) is 2.74. The van der Waals surface area contributed by atoms with Crippen molar-refractivity contribution >= 4 is 34.9 Å². The number of carbonyl (C=O) groups excluding carboxylic acids is 1. The van der Waals surface area contributed by atoms with Gasteiger partial charge in [0, 0.05) is 18.0 Å². The zero-order chi connectivity index (χ0) is 13.1. The Hall–Kier alpha value is -1.85. The fourth-order valence-electron chi connectivity index (χ4n) is 1.23. The highest BCUT2D eigenvalue weighted by Gasteiger charge is 2.11. The smallest absolute Gasteiger partial charge is 0.256 e. The lowest BCUT2D eigenvalue weighted by atomic mass is 10.2. The second-order valence-corrected chi connectivity index (χ2v) is 4.08. The van der Waals surface area contributed by atoms with E-state index in [1.807, 2.05) is 0 Å². The maximum atomic E-state index is 11.9. The molecule has 0 fully saturated rings. The second kappa shape index (κ2) is 5.20. The molecule has 0 aliphatic carbocycles. The van der Waals surface area contributed by atoms with Crippen LogP contribution in [-0.4, -0.2) is 21.0 Å². The van der Waals surface area contributed by atoms with Gasteiger partial charge in [0.25, 0.3) is 5.91 Å². The predicted molar refractivity (Wildman–Crippen MR) is 68.1 cm³/mol. The maximum absolute atomic E-state index is 11.9. The van der Waals surface area contributed by atoms with Gasteiger partial charge in [-0.15, -0.1) is 0 Å². The molecule has 0 saturated heterocycles. The normalized spacial score (nSPS) is 10.1. The van der Waals surface area contributed by atoms with Crippen LogP contribution < -0.4 is 5.32 Å². The largest absolute Gasteiger partial charge is 0.506 e. The summed E-state index contributed by atoms with van der Waals surface area (Å²) in [7, 11) is 0. The van der Waals surface area contributed by atoms with Crippen LogP contribution in [-0.2, 0) is 0 Å². The van der Waals surface area contributed by atoms with Gasteiger partial charge >= 0.3 is 0 Å². The first kappa shape index (κ1) is 12.6. The highest BCUT2D eigenvalue weighted by Crippen LogP contribution is 2.24. The highest BCUT2D eigenvalue weighted by molar-refractivity contribution is 6.33. The van der Waals surface area contributed by atoms with E-state index in [9.17, 15) is 9.90 Å². The van der Waals surface area contributed by atoms with Gasteiger partial charge in [0.1, 0.15) is 5.75 Å². The van der Waals surface area contributed by atoms with Crippen molar-refractivity contribution in [1.29, 1.82) is 0 Å². The molecule has 0 saturated carbocycles. The van der Waals surface area contributed by atoms with E-state index in [0.717, 1.165) is 0 Å². The van der Waals surface area contributed by atoms with Crippen molar-refractivity contribution in [2.24, 2.45) is 0 Å². The van der Waals surface area contributed by atoms with Crippen molar-refractivity contribution < 1.29 is 9.90 Å². The number of aromatic hydroxyl groups is 1. The number of carbonyl (C=O) groups is 1. The van der Waals surface area contributed by atoms with Crippen LogP contribution in [0.4, 0.5) is 5.82 Å². The Labute approximate surface area is 112 Å². The Balaban J connectivity index is 2.22. The fraction of sp³-hybridized carbons (Fsp3) is 0. The Morgan fingerprint density at radius 1 is 1.22 bits per heavy atom. The monoisotopic (exact) mass is 283 g/mol. The van der Waals surface area contributed by atoms with Crippen LogP contribution in [0.2, 0.25) is 10.2 Å². The quantitative estimate of drug-likeness (QED) is 0.889. The van der Waals surface area contributed by atoms with Crippen molar-refractivity contribution in [1.82, 2.24) is 9.97 Å². The van der Waals surface area contributed by atoms with E-state index in [0.29, 0.717) is 0 Å². The van der Waals surface area contributed by atoms with E-state index in [1.165, 1.54) is 30.6 Å². The minimum absolute atomic E-state index is 0.0906. The number of aromatic nitrogens is 2. The molecule has 7 heteroatoms. The third-order valence-corrected chi connectivity index (χ3v) is 2.67. The zero-order valence-electron chi connectivity index (χ0n) is 8.89. The molecule has 1 heterocycles. The van der Waals surface area contributed by atoms with Crippen LogP contribution in [0, 0.1) is 0 Å². The molecule has 0 aliphatic rings. The van der Waals surface area contributed by atoms with Crippen LogP contribution in [0.15, 0.2) is 30.6 Å². The first-order valence-corrected chi connectivity index (χ1v) is 5.60. The topological polar surface area (TPSA) is 75.1 Å². The molecule has 0 unspecified atom stereocenters. The van der Waals surface area contributed by atoms with E-state index in [-0.39, 0.29) is 27.3 Å². The summed E-state index contributed by atoms with van der Waals surface area (Å²) in [5.74, 6) is -0.376. The van der Waals surface area contributed by atoms with Crippen molar-refractivity contribution in [2.75, 3.05) is 5.32 Å². The molecule has 0 atom stereocenters. The minimum atomic E-state index is -0.445. The second-order valence-electron chi connectivity index (χ2n) is 3.32. The standard InChI is InChI=1S/C11H7Cl2N3O2/c12-7-5-6(1-2-8(7)17)11(18)16-10-9(13)14-3-4-15-10/h1-5,17H,(H,15,16,18). The molecule has 2 aromatic rings. The average molecular weight is 284 g/mol. The molecule has 5 nitrogen and oxygen atoms in total. The van der Waals surface area contributed by atoms with Gasteiger partial charge in [0.15, 0.2) is 11.0 Å². The third-order valence-electron chi connectivity index (χ3n) is 2.10. The summed E-state index contributed by atoms with van der Waals surface area (Å²) in [5.41, 5.74) is 0.277. The van der Waals surface area contributed by atoms with Gasteiger partial charge in [0.2, 0.25) is 0 Å². The number of nitrogens with zero attached hydrogens (tertiary/aromatic N) is 2. The lowest BCUT2D eigenvalue weighted by molar-refractivity contribution is 0.102. The number of phenolic OH excluding ortho intramolecular Hbond substituents is 1. The minimum Gasteiger partial charge on any atom is -0.506 e. The summed E-state index contributed by atoms with van der Waals surface area (Å²) < 4.78 is 0. The van der Waals surface area contributed by atoms with Crippen molar-refractivity contribution in [3.8, 4) is 5.75 Å². The van der Waals surface area contributed by atoms with E-state index in [2.05, 4.69) is 15.3 Å². The van der Waals surface area contributed by atoms with Crippen LogP contribution in [0.25, 0.3) is 0 Å². The number of anilines is 1. The number of hydrogen-bond acceptors (Lipinski definition) is 4. The molecule has 1 aromatic heterocycles. The number of rotatable bonds is 2. The summed E-state index contributed by atoms with van der Waals surface area (Å²) in [6.45, 7) is 0.